The van der Waals surface area contributed by atoms with E-state index in [9.17, 15) is 4.79 Å². The van der Waals surface area contributed by atoms with Gasteiger partial charge in [0.2, 0.25) is 0 Å². The van der Waals surface area contributed by atoms with Gasteiger partial charge in [-0.3, -0.25) is 9.69 Å². The van der Waals surface area contributed by atoms with E-state index in [1.807, 2.05) is 0 Å². The van der Waals surface area contributed by atoms with E-state index in [-0.39, 0.29) is 5.91 Å². The number of hydrogen-bond donors (Lipinski definition) is 1. The van der Waals surface area contributed by atoms with Gasteiger partial charge < -0.3 is 10.1 Å². The van der Waals surface area contributed by atoms with Crippen LogP contribution in [0.25, 0.3) is 0 Å². The molecule has 0 saturated carbocycles. The quantitative estimate of drug-likeness (QED) is 0.898. The lowest BCUT2D eigenvalue weighted by Gasteiger charge is -2.19. The summed E-state index contributed by atoms with van der Waals surface area (Å²) in [5.41, 5.74) is 3.57. The normalized spacial score (nSPS) is 27.2. The van der Waals surface area contributed by atoms with E-state index in [0.717, 1.165) is 26.2 Å². The van der Waals surface area contributed by atoms with Crippen molar-refractivity contribution in [1.29, 1.82) is 0 Å². The van der Waals surface area contributed by atoms with Gasteiger partial charge >= 0.3 is 0 Å². The number of rotatable bonds is 5. The first kappa shape index (κ1) is 15.3. The van der Waals surface area contributed by atoms with Gasteiger partial charge in [0.15, 0.2) is 0 Å². The van der Waals surface area contributed by atoms with E-state index in [4.69, 9.17) is 4.74 Å². The van der Waals surface area contributed by atoms with Gasteiger partial charge in [-0.1, -0.05) is 0 Å². The molecule has 1 N–H and O–H groups in total. The maximum Gasteiger partial charge on any atom is 0.270 e. The number of carbonyl (C=O) groups excluding carboxylic acids is 1. The van der Waals surface area contributed by atoms with Crippen LogP contribution in [0.3, 0.4) is 0 Å². The Morgan fingerprint density at radius 2 is 2.35 bits per heavy atom. The summed E-state index contributed by atoms with van der Waals surface area (Å²) in [6.45, 7) is 4.47. The van der Waals surface area contributed by atoms with Gasteiger partial charge in [0.1, 0.15) is 5.69 Å². The van der Waals surface area contributed by atoms with Crippen LogP contribution in [0.5, 0.6) is 0 Å². The second-order valence-electron chi connectivity index (χ2n) is 6.21. The van der Waals surface area contributed by atoms with Gasteiger partial charge in [-0.25, -0.2) is 4.98 Å². The Morgan fingerprint density at radius 3 is 3.13 bits per heavy atom. The Morgan fingerprint density at radius 1 is 1.39 bits per heavy atom. The fourth-order valence-corrected chi connectivity index (χ4v) is 4.69. The van der Waals surface area contributed by atoms with Crippen LogP contribution in [-0.4, -0.2) is 48.1 Å². The molecular weight excluding hydrogens is 330 g/mol. The number of likely N-dealkylation sites (tertiary alicyclic amines) is 1. The van der Waals surface area contributed by atoms with E-state index in [1.165, 1.54) is 16.9 Å². The third-order valence-electron chi connectivity index (χ3n) is 4.69. The Labute approximate surface area is 143 Å². The third kappa shape index (κ3) is 3.33. The van der Waals surface area contributed by atoms with Gasteiger partial charge in [-0.15, -0.1) is 11.3 Å². The first-order chi connectivity index (χ1) is 11.3. The second kappa shape index (κ2) is 6.68. The van der Waals surface area contributed by atoms with Gasteiger partial charge in [-0.2, -0.15) is 11.3 Å². The number of aromatic nitrogens is 1. The molecule has 2 aliphatic heterocycles. The number of thiazole rings is 1. The van der Waals surface area contributed by atoms with E-state index >= 15 is 0 Å². The molecule has 122 valence electrons. The molecule has 0 unspecified atom stereocenters. The van der Waals surface area contributed by atoms with Crippen molar-refractivity contribution >= 4 is 28.6 Å². The number of fused-ring (bicyclic) bond motifs is 1. The van der Waals surface area contributed by atoms with Crippen LogP contribution in [0.4, 0.5) is 0 Å². The van der Waals surface area contributed by atoms with Gasteiger partial charge in [0.05, 0.1) is 18.2 Å². The molecule has 23 heavy (non-hydrogen) atoms. The minimum absolute atomic E-state index is 0.0807. The standard InChI is InChI=1S/C16H19N3O2S2/c20-16(14-9-23-10-18-14)17-3-12-7-21-15-6-19(5-13(12)15)4-11-1-2-22-8-11/h1-2,8-10,12-13,15H,3-7H2,(H,17,20)/t12-,13-,15-/m1/s1. The Kier molecular flexibility index (Phi) is 4.43. The molecule has 2 aromatic rings. The van der Waals surface area contributed by atoms with Crippen molar-refractivity contribution in [2.45, 2.75) is 12.6 Å². The zero-order valence-electron chi connectivity index (χ0n) is 12.7. The fraction of sp³-hybridized carbons (Fsp3) is 0.500. The molecule has 2 saturated heterocycles. The lowest BCUT2D eigenvalue weighted by atomic mass is 9.93. The number of thiophene rings is 1. The Hall–Kier alpha value is -1.28. The molecule has 2 aliphatic rings. The smallest absolute Gasteiger partial charge is 0.270 e. The molecule has 4 rings (SSSR count). The highest BCUT2D eigenvalue weighted by molar-refractivity contribution is 7.08. The summed E-state index contributed by atoms with van der Waals surface area (Å²) in [6, 6.07) is 2.19. The molecule has 2 fully saturated rings. The molecule has 5 nitrogen and oxygen atoms in total. The molecular formula is C16H19N3O2S2. The molecule has 0 radical (unpaired) electrons. The minimum atomic E-state index is -0.0807. The molecule has 3 atom stereocenters. The molecule has 0 aromatic carbocycles. The highest BCUT2D eigenvalue weighted by Gasteiger charge is 2.43. The third-order valence-corrected chi connectivity index (χ3v) is 6.01. The summed E-state index contributed by atoms with van der Waals surface area (Å²) in [6.07, 6.45) is 0.315. The number of carbonyl (C=O) groups is 1. The number of nitrogens with zero attached hydrogens (tertiary/aromatic N) is 2. The predicted molar refractivity (Wildman–Crippen MR) is 90.8 cm³/mol. The van der Waals surface area contributed by atoms with E-state index in [0.29, 0.717) is 30.2 Å². The summed E-state index contributed by atoms with van der Waals surface area (Å²) in [5, 5.41) is 9.12. The van der Waals surface area contributed by atoms with E-state index < -0.39 is 0 Å². The molecule has 1 amide bonds. The van der Waals surface area contributed by atoms with Crippen LogP contribution in [0.15, 0.2) is 27.7 Å². The summed E-state index contributed by atoms with van der Waals surface area (Å²) >= 11 is 3.19. The van der Waals surface area contributed by atoms with Crippen LogP contribution in [0.2, 0.25) is 0 Å². The van der Waals surface area contributed by atoms with Crippen LogP contribution in [0.1, 0.15) is 16.1 Å². The van der Waals surface area contributed by atoms with Crippen molar-refractivity contribution in [3.63, 3.8) is 0 Å². The number of amides is 1. The fourth-order valence-electron chi connectivity index (χ4n) is 3.50. The van der Waals surface area contributed by atoms with Crippen molar-refractivity contribution in [3.05, 3.63) is 39.0 Å². The lowest BCUT2D eigenvalue weighted by Crippen LogP contribution is -2.34. The highest BCUT2D eigenvalue weighted by atomic mass is 32.1. The van der Waals surface area contributed by atoms with E-state index in [1.54, 1.807) is 22.2 Å². The molecule has 0 spiro atoms. The topological polar surface area (TPSA) is 54.5 Å². The first-order valence-electron chi connectivity index (χ1n) is 7.81. The second-order valence-corrected chi connectivity index (χ2v) is 7.70. The van der Waals surface area contributed by atoms with Crippen LogP contribution in [0, 0.1) is 11.8 Å². The van der Waals surface area contributed by atoms with Gasteiger partial charge in [0, 0.05) is 43.4 Å². The maximum absolute atomic E-state index is 12.0. The molecule has 0 bridgehead atoms. The molecule has 7 heteroatoms. The molecule has 4 heterocycles. The van der Waals surface area contributed by atoms with Gasteiger partial charge in [-0.05, 0) is 22.4 Å². The zero-order valence-corrected chi connectivity index (χ0v) is 14.3. The average Bonchev–Trinajstić information content (AvgIpc) is 3.31. The highest BCUT2D eigenvalue weighted by Crippen LogP contribution is 2.34. The number of hydrogen-bond acceptors (Lipinski definition) is 6. The largest absolute Gasteiger partial charge is 0.376 e. The van der Waals surface area contributed by atoms with Crippen molar-refractivity contribution in [3.8, 4) is 0 Å². The predicted octanol–water partition coefficient (Wildman–Crippen LogP) is 2.08. The lowest BCUT2D eigenvalue weighted by molar-refractivity contribution is 0.0901. The Balaban J connectivity index is 1.30. The summed E-state index contributed by atoms with van der Waals surface area (Å²) < 4.78 is 5.96. The SMILES string of the molecule is O=C(NC[C@@H]1CO[C@@H]2CN(Cc3ccsc3)C[C@H]12)c1cscn1. The van der Waals surface area contributed by atoms with Crippen LogP contribution >= 0.6 is 22.7 Å². The van der Waals surface area contributed by atoms with Crippen molar-refractivity contribution in [1.82, 2.24) is 15.2 Å². The molecule has 2 aromatic heterocycles. The van der Waals surface area contributed by atoms with Crippen LogP contribution < -0.4 is 5.32 Å². The van der Waals surface area contributed by atoms with Crippen molar-refractivity contribution in [2.24, 2.45) is 11.8 Å². The maximum atomic E-state index is 12.0. The minimum Gasteiger partial charge on any atom is -0.376 e. The monoisotopic (exact) mass is 349 g/mol. The average molecular weight is 349 g/mol. The first-order valence-corrected chi connectivity index (χ1v) is 9.69. The summed E-state index contributed by atoms with van der Waals surface area (Å²) in [7, 11) is 0. The van der Waals surface area contributed by atoms with Crippen molar-refractivity contribution < 1.29 is 9.53 Å². The van der Waals surface area contributed by atoms with Crippen molar-refractivity contribution in [2.75, 3.05) is 26.2 Å². The van der Waals surface area contributed by atoms with Gasteiger partial charge in [0.25, 0.3) is 5.91 Å². The molecule has 0 aliphatic carbocycles. The Bertz CT molecular complexity index is 644. The summed E-state index contributed by atoms with van der Waals surface area (Å²) in [5.74, 6) is 0.835. The summed E-state index contributed by atoms with van der Waals surface area (Å²) in [4.78, 5) is 18.5. The number of ether oxygens (including phenoxy) is 1. The number of nitrogens with one attached hydrogen (secondary N) is 1. The van der Waals surface area contributed by atoms with E-state index in [2.05, 4.69) is 32.0 Å². The van der Waals surface area contributed by atoms with Crippen LogP contribution in [-0.2, 0) is 11.3 Å². The zero-order chi connectivity index (χ0) is 15.6.